The van der Waals surface area contributed by atoms with Crippen molar-refractivity contribution in [2.24, 2.45) is 0 Å². The number of ether oxygens (including phenoxy) is 1. The topological polar surface area (TPSA) is 59.2 Å². The van der Waals surface area contributed by atoms with Crippen molar-refractivity contribution in [1.82, 2.24) is 4.98 Å². The molecule has 0 spiro atoms. The van der Waals surface area contributed by atoms with Crippen molar-refractivity contribution in [1.29, 1.82) is 0 Å². The number of pyridine rings is 1. The molecule has 1 heterocycles. The second-order valence-electron chi connectivity index (χ2n) is 2.57. The molecule has 1 aromatic heterocycles. The Morgan fingerprint density at radius 2 is 2.20 bits per heavy atom. The van der Waals surface area contributed by atoms with Gasteiger partial charge in [-0.25, -0.2) is 8.78 Å². The van der Waals surface area contributed by atoms with Gasteiger partial charge < -0.3 is 9.72 Å². The van der Waals surface area contributed by atoms with Crippen molar-refractivity contribution < 1.29 is 18.3 Å². The van der Waals surface area contributed by atoms with Gasteiger partial charge in [-0.3, -0.25) is 9.59 Å². The Kier molecular flexibility index (Phi) is 3.41. The fourth-order valence-corrected chi connectivity index (χ4v) is 1.19. The predicted molar refractivity (Wildman–Crippen MR) is 48.8 cm³/mol. The Morgan fingerprint density at radius 3 is 2.60 bits per heavy atom. The maximum Gasteiger partial charge on any atom is 0.278 e. The van der Waals surface area contributed by atoms with Gasteiger partial charge in [-0.2, -0.15) is 0 Å². The third-order valence-corrected chi connectivity index (χ3v) is 1.84. The minimum absolute atomic E-state index is 0.363. The SMILES string of the molecule is COc1[nH]c(C(F)F)cc(=O)c1C(=O)Cl. The van der Waals surface area contributed by atoms with Crippen LogP contribution in [0.3, 0.4) is 0 Å². The summed E-state index contributed by atoms with van der Waals surface area (Å²) in [5.41, 5.74) is -2.01. The molecule has 0 aliphatic carbocycles. The quantitative estimate of drug-likeness (QED) is 0.814. The first kappa shape index (κ1) is 11.6. The van der Waals surface area contributed by atoms with E-state index in [-0.39, 0.29) is 5.88 Å². The van der Waals surface area contributed by atoms with Gasteiger partial charge in [0.05, 0.1) is 12.8 Å². The molecule has 0 aliphatic heterocycles. The summed E-state index contributed by atoms with van der Waals surface area (Å²) in [4.78, 5) is 24.1. The monoisotopic (exact) mass is 237 g/mol. The van der Waals surface area contributed by atoms with E-state index >= 15 is 0 Å². The highest BCUT2D eigenvalue weighted by atomic mass is 35.5. The summed E-state index contributed by atoms with van der Waals surface area (Å²) >= 11 is 5.10. The summed E-state index contributed by atoms with van der Waals surface area (Å²) in [5, 5.41) is -1.06. The zero-order valence-electron chi connectivity index (χ0n) is 7.51. The van der Waals surface area contributed by atoms with Gasteiger partial charge in [0.25, 0.3) is 11.7 Å². The number of carbonyl (C=O) groups is 1. The number of alkyl halides is 2. The number of halogens is 3. The van der Waals surface area contributed by atoms with Crippen molar-refractivity contribution in [2.75, 3.05) is 7.11 Å². The first-order chi connectivity index (χ1) is 6.97. The third-order valence-electron chi connectivity index (χ3n) is 1.65. The summed E-state index contributed by atoms with van der Waals surface area (Å²) in [6.07, 6.45) is -2.86. The zero-order valence-corrected chi connectivity index (χ0v) is 8.27. The number of hydrogen-bond donors (Lipinski definition) is 1. The average molecular weight is 238 g/mol. The van der Waals surface area contributed by atoms with E-state index in [4.69, 9.17) is 11.6 Å². The zero-order chi connectivity index (χ0) is 11.6. The first-order valence-electron chi connectivity index (χ1n) is 3.76. The number of rotatable bonds is 3. The van der Waals surface area contributed by atoms with Crippen molar-refractivity contribution in [2.45, 2.75) is 6.43 Å². The van der Waals surface area contributed by atoms with Crippen LogP contribution in [-0.2, 0) is 0 Å². The molecule has 0 unspecified atom stereocenters. The van der Waals surface area contributed by atoms with Crippen LogP contribution in [0.15, 0.2) is 10.9 Å². The molecule has 15 heavy (non-hydrogen) atoms. The van der Waals surface area contributed by atoms with E-state index in [9.17, 15) is 18.4 Å². The first-order valence-corrected chi connectivity index (χ1v) is 4.14. The highest BCUT2D eigenvalue weighted by molar-refractivity contribution is 6.68. The Morgan fingerprint density at radius 1 is 1.60 bits per heavy atom. The van der Waals surface area contributed by atoms with Gasteiger partial charge in [-0.1, -0.05) is 0 Å². The molecule has 7 heteroatoms. The van der Waals surface area contributed by atoms with Crippen LogP contribution in [0.5, 0.6) is 5.88 Å². The standard InChI is InChI=1S/C8H6ClF2NO3/c1-15-8-5(6(9)14)4(13)2-3(12-8)7(10)11/h2,7H,1H3,(H,12,13). The average Bonchev–Trinajstić information content (AvgIpc) is 2.15. The minimum Gasteiger partial charge on any atom is -0.482 e. The molecule has 1 rings (SSSR count). The highest BCUT2D eigenvalue weighted by Gasteiger charge is 2.19. The Bertz CT molecular complexity index is 444. The summed E-state index contributed by atoms with van der Waals surface area (Å²) in [5.74, 6) is -0.363. The number of aromatic nitrogens is 1. The normalized spacial score (nSPS) is 10.5. The molecule has 1 N–H and O–H groups in total. The van der Waals surface area contributed by atoms with Crippen LogP contribution in [0.25, 0.3) is 0 Å². The highest BCUT2D eigenvalue weighted by Crippen LogP contribution is 2.20. The Labute approximate surface area is 87.8 Å². The molecule has 0 aromatic carbocycles. The van der Waals surface area contributed by atoms with Crippen molar-refractivity contribution >= 4 is 16.8 Å². The van der Waals surface area contributed by atoms with Gasteiger partial charge in [0.1, 0.15) is 5.56 Å². The van der Waals surface area contributed by atoms with Crippen LogP contribution in [0, 0.1) is 0 Å². The van der Waals surface area contributed by atoms with E-state index < -0.39 is 28.4 Å². The summed E-state index contributed by atoms with van der Waals surface area (Å²) in [6, 6.07) is 0.614. The molecule has 4 nitrogen and oxygen atoms in total. The number of nitrogens with one attached hydrogen (secondary N) is 1. The number of H-pyrrole nitrogens is 1. The maximum absolute atomic E-state index is 12.3. The molecule has 0 amide bonds. The van der Waals surface area contributed by atoms with Gasteiger partial charge in [0, 0.05) is 6.07 Å². The molecule has 1 aromatic rings. The van der Waals surface area contributed by atoms with Gasteiger partial charge in [0.2, 0.25) is 5.88 Å². The minimum atomic E-state index is -2.86. The molecule has 82 valence electrons. The summed E-state index contributed by atoms with van der Waals surface area (Å²) in [7, 11) is 1.13. The van der Waals surface area contributed by atoms with Crippen LogP contribution >= 0.6 is 11.6 Å². The van der Waals surface area contributed by atoms with Gasteiger partial charge in [-0.05, 0) is 11.6 Å². The summed E-state index contributed by atoms with van der Waals surface area (Å²) in [6.45, 7) is 0. The predicted octanol–water partition coefficient (Wildman–Crippen LogP) is 1.70. The molecule has 0 fully saturated rings. The largest absolute Gasteiger partial charge is 0.482 e. The molecule has 0 atom stereocenters. The lowest BCUT2D eigenvalue weighted by molar-refractivity contribution is 0.107. The lowest BCUT2D eigenvalue weighted by Crippen LogP contribution is -2.15. The molecule has 0 radical (unpaired) electrons. The second-order valence-corrected chi connectivity index (χ2v) is 2.91. The van der Waals surface area contributed by atoms with E-state index in [1.165, 1.54) is 0 Å². The number of hydrogen-bond acceptors (Lipinski definition) is 3. The molecular formula is C8H6ClF2NO3. The van der Waals surface area contributed by atoms with Gasteiger partial charge in [-0.15, -0.1) is 0 Å². The fourth-order valence-electron chi connectivity index (χ4n) is 1.01. The smallest absolute Gasteiger partial charge is 0.278 e. The molecule has 0 aliphatic rings. The summed E-state index contributed by atoms with van der Waals surface area (Å²) < 4.78 is 29.1. The maximum atomic E-state index is 12.3. The van der Waals surface area contributed by atoms with Crippen LogP contribution < -0.4 is 10.2 Å². The van der Waals surface area contributed by atoms with Gasteiger partial charge in [0.15, 0.2) is 5.43 Å². The van der Waals surface area contributed by atoms with Crippen molar-refractivity contribution in [3.8, 4) is 5.88 Å². The molecule has 0 saturated heterocycles. The van der Waals surface area contributed by atoms with E-state index in [1.54, 1.807) is 0 Å². The third kappa shape index (κ3) is 2.33. The van der Waals surface area contributed by atoms with Crippen LogP contribution in [0.4, 0.5) is 8.78 Å². The number of methoxy groups -OCH3 is 1. The van der Waals surface area contributed by atoms with E-state index in [0.717, 1.165) is 7.11 Å². The second kappa shape index (κ2) is 4.39. The molecule has 0 saturated carbocycles. The van der Waals surface area contributed by atoms with E-state index in [1.807, 2.05) is 0 Å². The number of carbonyl (C=O) groups excluding carboxylic acids is 1. The van der Waals surface area contributed by atoms with E-state index in [0.29, 0.717) is 6.07 Å². The molecular weight excluding hydrogens is 232 g/mol. The number of aromatic amines is 1. The van der Waals surface area contributed by atoms with Crippen LogP contribution in [0.2, 0.25) is 0 Å². The lowest BCUT2D eigenvalue weighted by Gasteiger charge is -2.06. The van der Waals surface area contributed by atoms with Crippen LogP contribution in [-0.4, -0.2) is 17.3 Å². The van der Waals surface area contributed by atoms with Crippen molar-refractivity contribution in [3.63, 3.8) is 0 Å². The van der Waals surface area contributed by atoms with Crippen LogP contribution in [0.1, 0.15) is 22.5 Å². The molecule has 0 bridgehead atoms. The Balaban J connectivity index is 3.44. The van der Waals surface area contributed by atoms with E-state index in [2.05, 4.69) is 9.72 Å². The lowest BCUT2D eigenvalue weighted by atomic mass is 10.2. The Hall–Kier alpha value is -1.43. The van der Waals surface area contributed by atoms with Crippen molar-refractivity contribution in [3.05, 3.63) is 27.5 Å². The van der Waals surface area contributed by atoms with Gasteiger partial charge >= 0.3 is 0 Å². The fraction of sp³-hybridized carbons (Fsp3) is 0.250.